The lowest BCUT2D eigenvalue weighted by molar-refractivity contribution is -0.158. The van der Waals surface area contributed by atoms with Gasteiger partial charge < -0.3 is 14.4 Å². The van der Waals surface area contributed by atoms with Crippen LogP contribution in [0.15, 0.2) is 48.5 Å². The molecule has 192 valence electrons. The van der Waals surface area contributed by atoms with E-state index < -0.39 is 23.7 Å². The molecular formula is C29H36N2O5. The Kier molecular flexibility index (Phi) is 7.67. The van der Waals surface area contributed by atoms with Crippen molar-refractivity contribution in [2.75, 3.05) is 26.7 Å². The zero-order valence-electron chi connectivity index (χ0n) is 21.7. The molecule has 0 aromatic heterocycles. The number of nitrogens with zero attached hydrogens (tertiary/aromatic N) is 2. The first-order chi connectivity index (χ1) is 17.2. The maximum Gasteiger partial charge on any atom is 0.410 e. The molecule has 1 aliphatic heterocycles. The van der Waals surface area contributed by atoms with Crippen molar-refractivity contribution in [3.05, 3.63) is 59.7 Å². The third-order valence-corrected chi connectivity index (χ3v) is 6.82. The SMILES string of the molecule is CN(C(=O)OCC1c2ccccc2-c2ccccc21)C(CC(=O)OC(C)(C)C)C(=O)N1CCCCC1. The van der Waals surface area contributed by atoms with Gasteiger partial charge in [-0.3, -0.25) is 14.5 Å². The molecule has 0 radical (unpaired) electrons. The van der Waals surface area contributed by atoms with Gasteiger partial charge in [0.05, 0.1) is 6.42 Å². The number of carbonyl (C=O) groups excluding carboxylic acids is 3. The van der Waals surface area contributed by atoms with Crippen molar-refractivity contribution in [3.63, 3.8) is 0 Å². The van der Waals surface area contributed by atoms with E-state index in [4.69, 9.17) is 9.47 Å². The smallest absolute Gasteiger partial charge is 0.410 e. The van der Waals surface area contributed by atoms with Gasteiger partial charge in [-0.15, -0.1) is 0 Å². The van der Waals surface area contributed by atoms with E-state index in [0.717, 1.165) is 41.5 Å². The number of amides is 2. The summed E-state index contributed by atoms with van der Waals surface area (Å²) in [5, 5.41) is 0. The molecule has 0 N–H and O–H groups in total. The molecular weight excluding hydrogens is 456 g/mol. The quantitative estimate of drug-likeness (QED) is 0.532. The number of carbonyl (C=O) groups is 3. The minimum atomic E-state index is -0.978. The predicted octanol–water partition coefficient (Wildman–Crippen LogP) is 4.98. The van der Waals surface area contributed by atoms with Crippen LogP contribution in [0.5, 0.6) is 0 Å². The van der Waals surface area contributed by atoms with Crippen LogP contribution in [0.3, 0.4) is 0 Å². The van der Waals surface area contributed by atoms with Crippen LogP contribution in [0, 0.1) is 0 Å². The first kappa shape index (κ1) is 25.7. The number of likely N-dealkylation sites (tertiary alicyclic amines) is 1. The lowest BCUT2D eigenvalue weighted by atomic mass is 9.98. The second-order valence-electron chi connectivity index (χ2n) is 10.6. The zero-order chi connectivity index (χ0) is 25.9. The Morgan fingerprint density at radius 3 is 2.06 bits per heavy atom. The Labute approximate surface area is 213 Å². The molecule has 0 bridgehead atoms. The van der Waals surface area contributed by atoms with Gasteiger partial charge in [-0.2, -0.15) is 0 Å². The summed E-state index contributed by atoms with van der Waals surface area (Å²) < 4.78 is 11.2. The van der Waals surface area contributed by atoms with Crippen molar-refractivity contribution in [2.24, 2.45) is 0 Å². The third kappa shape index (κ3) is 5.72. The fraction of sp³-hybridized carbons (Fsp3) is 0.483. The van der Waals surface area contributed by atoms with Crippen LogP contribution in [0.25, 0.3) is 11.1 Å². The molecule has 2 amide bonds. The number of hydrogen-bond donors (Lipinski definition) is 0. The van der Waals surface area contributed by atoms with Gasteiger partial charge in [0.25, 0.3) is 0 Å². The Hall–Kier alpha value is -3.35. The maximum absolute atomic E-state index is 13.4. The number of hydrogen-bond acceptors (Lipinski definition) is 5. The van der Waals surface area contributed by atoms with E-state index in [2.05, 4.69) is 24.3 Å². The molecule has 2 aliphatic rings. The highest BCUT2D eigenvalue weighted by molar-refractivity contribution is 5.90. The minimum absolute atomic E-state index is 0.0862. The molecule has 7 nitrogen and oxygen atoms in total. The number of ether oxygens (including phenoxy) is 2. The van der Waals surface area contributed by atoms with Crippen LogP contribution in [0.2, 0.25) is 0 Å². The van der Waals surface area contributed by atoms with Gasteiger partial charge in [-0.05, 0) is 62.3 Å². The molecule has 1 heterocycles. The Morgan fingerprint density at radius 1 is 0.944 bits per heavy atom. The second kappa shape index (κ2) is 10.7. The van der Waals surface area contributed by atoms with Gasteiger partial charge >= 0.3 is 12.1 Å². The summed E-state index contributed by atoms with van der Waals surface area (Å²) in [6.07, 6.45) is 2.06. The molecule has 0 saturated carbocycles. The molecule has 0 spiro atoms. The van der Waals surface area contributed by atoms with Gasteiger partial charge in [0.15, 0.2) is 0 Å². The first-order valence-electron chi connectivity index (χ1n) is 12.7. The van der Waals surface area contributed by atoms with E-state index in [1.807, 2.05) is 24.3 Å². The molecule has 1 fully saturated rings. The number of rotatable bonds is 6. The molecule has 2 aromatic rings. The molecule has 1 unspecified atom stereocenters. The summed E-state index contributed by atoms with van der Waals surface area (Å²) >= 11 is 0. The van der Waals surface area contributed by atoms with E-state index in [1.54, 1.807) is 25.7 Å². The summed E-state index contributed by atoms with van der Waals surface area (Å²) in [7, 11) is 1.52. The van der Waals surface area contributed by atoms with E-state index in [9.17, 15) is 14.4 Å². The van der Waals surface area contributed by atoms with Crippen molar-refractivity contribution < 1.29 is 23.9 Å². The largest absolute Gasteiger partial charge is 0.460 e. The lowest BCUT2D eigenvalue weighted by Crippen LogP contribution is -2.52. The van der Waals surface area contributed by atoms with E-state index >= 15 is 0 Å². The zero-order valence-corrected chi connectivity index (χ0v) is 21.7. The van der Waals surface area contributed by atoms with Gasteiger partial charge in [0, 0.05) is 26.1 Å². The third-order valence-electron chi connectivity index (χ3n) is 6.82. The summed E-state index contributed by atoms with van der Waals surface area (Å²) in [5.74, 6) is -0.843. The fourth-order valence-electron chi connectivity index (χ4n) is 5.08. The summed E-state index contributed by atoms with van der Waals surface area (Å²) in [5.41, 5.74) is 3.84. The first-order valence-corrected chi connectivity index (χ1v) is 12.7. The summed E-state index contributed by atoms with van der Waals surface area (Å²) in [6.45, 7) is 6.74. The second-order valence-corrected chi connectivity index (χ2v) is 10.6. The van der Waals surface area contributed by atoms with Crippen LogP contribution in [0.1, 0.15) is 63.5 Å². The Bertz CT molecular complexity index is 1070. The van der Waals surface area contributed by atoms with E-state index in [-0.39, 0.29) is 24.9 Å². The van der Waals surface area contributed by atoms with Crippen molar-refractivity contribution in [1.82, 2.24) is 9.80 Å². The molecule has 1 aliphatic carbocycles. The van der Waals surface area contributed by atoms with Crippen LogP contribution >= 0.6 is 0 Å². The van der Waals surface area contributed by atoms with Gasteiger partial charge in [-0.25, -0.2) is 4.79 Å². The molecule has 1 saturated heterocycles. The average Bonchev–Trinajstić information content (AvgIpc) is 3.18. The van der Waals surface area contributed by atoms with Crippen LogP contribution < -0.4 is 0 Å². The van der Waals surface area contributed by atoms with Crippen molar-refractivity contribution >= 4 is 18.0 Å². The summed E-state index contributed by atoms with van der Waals surface area (Å²) in [6, 6.07) is 15.3. The predicted molar refractivity (Wildman–Crippen MR) is 138 cm³/mol. The van der Waals surface area contributed by atoms with E-state index in [1.165, 1.54) is 11.9 Å². The van der Waals surface area contributed by atoms with Crippen LogP contribution in [-0.4, -0.2) is 66.2 Å². The van der Waals surface area contributed by atoms with Crippen LogP contribution in [0.4, 0.5) is 4.79 Å². The average molecular weight is 493 g/mol. The van der Waals surface area contributed by atoms with Crippen molar-refractivity contribution in [1.29, 1.82) is 0 Å². The van der Waals surface area contributed by atoms with Crippen molar-refractivity contribution in [2.45, 2.75) is 64.0 Å². The normalized spacial score (nSPS) is 16.1. The minimum Gasteiger partial charge on any atom is -0.460 e. The highest BCUT2D eigenvalue weighted by Crippen LogP contribution is 2.44. The van der Waals surface area contributed by atoms with Gasteiger partial charge in [0.2, 0.25) is 5.91 Å². The topological polar surface area (TPSA) is 76.1 Å². The number of esters is 1. The van der Waals surface area contributed by atoms with Crippen molar-refractivity contribution in [3.8, 4) is 11.1 Å². The number of likely N-dealkylation sites (N-methyl/N-ethyl adjacent to an activating group) is 1. The number of benzene rings is 2. The molecule has 36 heavy (non-hydrogen) atoms. The monoisotopic (exact) mass is 492 g/mol. The maximum atomic E-state index is 13.4. The molecule has 2 aromatic carbocycles. The molecule has 4 rings (SSSR count). The summed E-state index contributed by atoms with van der Waals surface area (Å²) in [4.78, 5) is 42.3. The highest BCUT2D eigenvalue weighted by Gasteiger charge is 2.36. The number of fused-ring (bicyclic) bond motifs is 3. The molecule has 1 atom stereocenters. The lowest BCUT2D eigenvalue weighted by Gasteiger charge is -2.34. The molecule has 7 heteroatoms. The Balaban J connectivity index is 1.49. The van der Waals surface area contributed by atoms with Gasteiger partial charge in [0.1, 0.15) is 18.2 Å². The Morgan fingerprint density at radius 2 is 1.50 bits per heavy atom. The van der Waals surface area contributed by atoms with E-state index in [0.29, 0.717) is 13.1 Å². The van der Waals surface area contributed by atoms with Crippen LogP contribution in [-0.2, 0) is 19.1 Å². The highest BCUT2D eigenvalue weighted by atomic mass is 16.6. The van der Waals surface area contributed by atoms with Gasteiger partial charge in [-0.1, -0.05) is 48.5 Å². The fourth-order valence-corrected chi connectivity index (χ4v) is 5.08. The standard InChI is InChI=1S/C29H36N2O5/c1-29(2,3)36-26(32)18-25(27(33)31-16-10-5-11-17-31)30(4)28(34)35-19-24-22-14-8-6-12-20(22)21-13-7-9-15-23(21)24/h6-9,12-15,24-25H,5,10-11,16-19H2,1-4H3. The number of piperidine rings is 1.